The van der Waals surface area contributed by atoms with Gasteiger partial charge in [-0.05, 0) is 24.5 Å². The molecule has 0 spiro atoms. The standard InChI is InChI=1S/C18H24N2O2/c1-5-12(2)18(13(3)21)19-17(22)10-14-11-20(4)16-9-7-6-8-15(14)16/h6-9,11-12,18H,5,10H2,1-4H3,(H,19,22)/t12-,18-/m0/s1. The van der Waals surface area contributed by atoms with Crippen LogP contribution in [-0.4, -0.2) is 22.3 Å². The van der Waals surface area contributed by atoms with Crippen molar-refractivity contribution in [1.82, 2.24) is 9.88 Å². The number of rotatable bonds is 6. The molecule has 1 amide bonds. The lowest BCUT2D eigenvalue weighted by Crippen LogP contribution is -2.44. The van der Waals surface area contributed by atoms with E-state index < -0.39 is 6.04 Å². The van der Waals surface area contributed by atoms with Crippen molar-refractivity contribution in [2.45, 2.75) is 39.7 Å². The summed E-state index contributed by atoms with van der Waals surface area (Å²) in [6.07, 6.45) is 3.14. The summed E-state index contributed by atoms with van der Waals surface area (Å²) >= 11 is 0. The van der Waals surface area contributed by atoms with Crippen LogP contribution < -0.4 is 5.32 Å². The predicted octanol–water partition coefficient (Wildman–Crippen LogP) is 2.84. The summed E-state index contributed by atoms with van der Waals surface area (Å²) in [5, 5.41) is 3.98. The normalized spacial score (nSPS) is 13.8. The van der Waals surface area contributed by atoms with Gasteiger partial charge in [0.1, 0.15) is 0 Å². The summed E-state index contributed by atoms with van der Waals surface area (Å²) in [5.74, 6) is 0.0615. The van der Waals surface area contributed by atoms with Gasteiger partial charge in [0.2, 0.25) is 5.91 Å². The molecular weight excluding hydrogens is 276 g/mol. The molecule has 1 heterocycles. The van der Waals surface area contributed by atoms with Crippen molar-refractivity contribution in [3.63, 3.8) is 0 Å². The molecule has 0 aliphatic rings. The molecule has 2 aromatic rings. The zero-order valence-corrected chi connectivity index (χ0v) is 13.7. The van der Waals surface area contributed by atoms with E-state index in [9.17, 15) is 9.59 Å². The summed E-state index contributed by atoms with van der Waals surface area (Å²) in [4.78, 5) is 24.1. The Bertz CT molecular complexity index is 687. The van der Waals surface area contributed by atoms with Gasteiger partial charge in [-0.15, -0.1) is 0 Å². The minimum Gasteiger partial charge on any atom is -0.350 e. The van der Waals surface area contributed by atoms with Gasteiger partial charge in [0.15, 0.2) is 5.78 Å². The highest BCUT2D eigenvalue weighted by molar-refractivity contribution is 5.92. The maximum Gasteiger partial charge on any atom is 0.225 e. The van der Waals surface area contributed by atoms with Crippen LogP contribution in [0.4, 0.5) is 0 Å². The van der Waals surface area contributed by atoms with E-state index in [1.807, 2.05) is 55.9 Å². The molecule has 0 aliphatic carbocycles. The lowest BCUT2D eigenvalue weighted by Gasteiger charge is -2.21. The first-order valence-corrected chi connectivity index (χ1v) is 7.76. The van der Waals surface area contributed by atoms with Crippen molar-refractivity contribution in [3.8, 4) is 0 Å². The molecule has 118 valence electrons. The van der Waals surface area contributed by atoms with Crippen LogP contribution in [0.5, 0.6) is 0 Å². The van der Waals surface area contributed by atoms with Crippen LogP contribution in [0.25, 0.3) is 10.9 Å². The second-order valence-corrected chi connectivity index (χ2v) is 6.00. The highest BCUT2D eigenvalue weighted by atomic mass is 16.2. The molecule has 1 aromatic carbocycles. The van der Waals surface area contributed by atoms with E-state index in [-0.39, 0.29) is 17.6 Å². The number of ketones is 1. The number of carbonyl (C=O) groups excluding carboxylic acids is 2. The third kappa shape index (κ3) is 3.38. The van der Waals surface area contributed by atoms with Crippen molar-refractivity contribution in [3.05, 3.63) is 36.0 Å². The van der Waals surface area contributed by atoms with Gasteiger partial charge < -0.3 is 9.88 Å². The molecule has 4 nitrogen and oxygen atoms in total. The van der Waals surface area contributed by atoms with Crippen LogP contribution in [0.1, 0.15) is 32.8 Å². The molecular formula is C18H24N2O2. The SMILES string of the molecule is CC[C@H](C)[C@H](NC(=O)Cc1cn(C)c2ccccc12)C(C)=O. The summed E-state index contributed by atoms with van der Waals surface area (Å²) in [5.41, 5.74) is 2.09. The van der Waals surface area contributed by atoms with Crippen LogP contribution in [0.15, 0.2) is 30.5 Å². The number of benzene rings is 1. The first-order valence-electron chi connectivity index (χ1n) is 7.76. The third-order valence-corrected chi connectivity index (χ3v) is 4.30. The van der Waals surface area contributed by atoms with Crippen LogP contribution in [-0.2, 0) is 23.1 Å². The number of amides is 1. The zero-order valence-electron chi connectivity index (χ0n) is 13.7. The van der Waals surface area contributed by atoms with Crippen LogP contribution in [0.3, 0.4) is 0 Å². The lowest BCUT2D eigenvalue weighted by molar-refractivity contribution is -0.127. The highest BCUT2D eigenvalue weighted by Crippen LogP contribution is 2.20. The van der Waals surface area contributed by atoms with Gasteiger partial charge in [0, 0.05) is 24.1 Å². The zero-order chi connectivity index (χ0) is 16.3. The van der Waals surface area contributed by atoms with Gasteiger partial charge in [0.05, 0.1) is 12.5 Å². The second-order valence-electron chi connectivity index (χ2n) is 6.00. The Morgan fingerprint density at radius 2 is 1.95 bits per heavy atom. The van der Waals surface area contributed by atoms with E-state index in [0.717, 1.165) is 22.9 Å². The lowest BCUT2D eigenvalue weighted by atomic mass is 9.96. The van der Waals surface area contributed by atoms with Crippen LogP contribution in [0.2, 0.25) is 0 Å². The van der Waals surface area contributed by atoms with E-state index in [1.54, 1.807) is 0 Å². The largest absolute Gasteiger partial charge is 0.350 e. The maximum atomic E-state index is 12.3. The van der Waals surface area contributed by atoms with Crippen molar-refractivity contribution in [2.24, 2.45) is 13.0 Å². The van der Waals surface area contributed by atoms with Gasteiger partial charge in [-0.25, -0.2) is 0 Å². The predicted molar refractivity (Wildman–Crippen MR) is 88.7 cm³/mol. The first kappa shape index (κ1) is 16.3. The molecule has 0 unspecified atom stereocenters. The Labute approximate surface area is 131 Å². The number of hydrogen-bond donors (Lipinski definition) is 1. The monoisotopic (exact) mass is 300 g/mol. The van der Waals surface area contributed by atoms with Crippen LogP contribution >= 0.6 is 0 Å². The molecule has 0 saturated heterocycles. The minimum atomic E-state index is -0.396. The Morgan fingerprint density at radius 1 is 1.27 bits per heavy atom. The third-order valence-electron chi connectivity index (χ3n) is 4.30. The number of aromatic nitrogens is 1. The first-order chi connectivity index (χ1) is 10.4. The maximum absolute atomic E-state index is 12.3. The van der Waals surface area contributed by atoms with Crippen molar-refractivity contribution in [1.29, 1.82) is 0 Å². The molecule has 0 radical (unpaired) electrons. The number of aryl methyl sites for hydroxylation is 1. The molecule has 0 aliphatic heterocycles. The van der Waals surface area contributed by atoms with Gasteiger partial charge in [-0.2, -0.15) is 0 Å². The Kier molecular flexibility index (Phi) is 5.01. The fourth-order valence-corrected chi connectivity index (χ4v) is 2.84. The van der Waals surface area contributed by atoms with E-state index in [0.29, 0.717) is 6.42 Å². The number of nitrogens with zero attached hydrogens (tertiary/aromatic N) is 1. The molecule has 4 heteroatoms. The number of para-hydroxylation sites is 1. The van der Waals surface area contributed by atoms with E-state index in [1.165, 1.54) is 6.92 Å². The molecule has 0 saturated carbocycles. The van der Waals surface area contributed by atoms with E-state index in [2.05, 4.69) is 5.32 Å². The summed E-state index contributed by atoms with van der Waals surface area (Å²) in [7, 11) is 1.97. The van der Waals surface area contributed by atoms with Gasteiger partial charge in [0.25, 0.3) is 0 Å². The number of carbonyl (C=O) groups is 2. The highest BCUT2D eigenvalue weighted by Gasteiger charge is 2.23. The summed E-state index contributed by atoms with van der Waals surface area (Å²) in [6, 6.07) is 7.62. The Hall–Kier alpha value is -2.10. The summed E-state index contributed by atoms with van der Waals surface area (Å²) < 4.78 is 2.02. The molecule has 2 rings (SSSR count). The average molecular weight is 300 g/mol. The van der Waals surface area contributed by atoms with Crippen molar-refractivity contribution >= 4 is 22.6 Å². The molecule has 1 N–H and O–H groups in total. The second kappa shape index (κ2) is 6.77. The Morgan fingerprint density at radius 3 is 2.59 bits per heavy atom. The van der Waals surface area contributed by atoms with E-state index >= 15 is 0 Å². The Balaban J connectivity index is 2.15. The van der Waals surface area contributed by atoms with Crippen molar-refractivity contribution in [2.75, 3.05) is 0 Å². The fourth-order valence-electron chi connectivity index (χ4n) is 2.84. The molecule has 0 bridgehead atoms. The molecule has 1 aromatic heterocycles. The molecule has 0 fully saturated rings. The number of nitrogens with one attached hydrogen (secondary N) is 1. The summed E-state index contributed by atoms with van der Waals surface area (Å²) in [6.45, 7) is 5.55. The smallest absolute Gasteiger partial charge is 0.225 e. The van der Waals surface area contributed by atoms with Gasteiger partial charge in [-0.1, -0.05) is 38.5 Å². The molecule has 22 heavy (non-hydrogen) atoms. The van der Waals surface area contributed by atoms with Crippen molar-refractivity contribution < 1.29 is 9.59 Å². The average Bonchev–Trinajstić information content (AvgIpc) is 2.80. The fraction of sp³-hybridized carbons (Fsp3) is 0.444. The van der Waals surface area contributed by atoms with E-state index in [4.69, 9.17) is 0 Å². The molecule has 2 atom stereocenters. The topological polar surface area (TPSA) is 51.1 Å². The minimum absolute atomic E-state index is 0.0145. The quantitative estimate of drug-likeness (QED) is 0.892. The van der Waals surface area contributed by atoms with Gasteiger partial charge in [-0.3, -0.25) is 9.59 Å². The number of fused-ring (bicyclic) bond motifs is 1. The number of Topliss-reactive ketones (excluding diaryl/α,β-unsaturated/α-hetero) is 1. The number of hydrogen-bond acceptors (Lipinski definition) is 2. The van der Waals surface area contributed by atoms with Gasteiger partial charge >= 0.3 is 0 Å². The van der Waals surface area contributed by atoms with Crippen LogP contribution in [0, 0.1) is 5.92 Å².